The lowest BCUT2D eigenvalue weighted by molar-refractivity contribution is -0.143. The normalized spacial score (nSPS) is 16.7. The number of nitrogens with one attached hydrogen (secondary N) is 1. The Hall–Kier alpha value is -3.04. The summed E-state index contributed by atoms with van der Waals surface area (Å²) in [5.41, 5.74) is -2.23. The van der Waals surface area contributed by atoms with E-state index in [2.05, 4.69) is 5.32 Å². The Kier molecular flexibility index (Phi) is 5.88. The zero-order chi connectivity index (χ0) is 24.0. The average Bonchev–Trinajstić information content (AvgIpc) is 3.41. The molecule has 33 heavy (non-hydrogen) atoms. The summed E-state index contributed by atoms with van der Waals surface area (Å²) in [5, 5.41) is 2.36. The molecule has 0 radical (unpaired) electrons. The molecule has 10 heteroatoms. The van der Waals surface area contributed by atoms with Crippen LogP contribution in [-0.2, 0) is 23.6 Å². The maximum absolute atomic E-state index is 13.1. The van der Waals surface area contributed by atoms with E-state index in [-0.39, 0.29) is 23.6 Å². The highest BCUT2D eigenvalue weighted by atomic mass is 19.4. The van der Waals surface area contributed by atoms with Crippen LogP contribution in [0.15, 0.2) is 36.4 Å². The topological polar surface area (TPSA) is 49.4 Å². The Morgan fingerprint density at radius 1 is 0.879 bits per heavy atom. The second-order valence-electron chi connectivity index (χ2n) is 8.31. The van der Waals surface area contributed by atoms with Crippen molar-refractivity contribution in [2.75, 3.05) is 16.8 Å². The Morgan fingerprint density at radius 3 is 2.06 bits per heavy atom. The van der Waals surface area contributed by atoms with Crippen LogP contribution in [0.2, 0.25) is 0 Å². The van der Waals surface area contributed by atoms with Gasteiger partial charge in [-0.15, -0.1) is 0 Å². The number of hydrogen-bond donors (Lipinski definition) is 1. The first kappa shape index (κ1) is 23.1. The summed E-state index contributed by atoms with van der Waals surface area (Å²) in [6.07, 6.45) is -5.86. The Balaban J connectivity index is 1.60. The zero-order valence-electron chi connectivity index (χ0n) is 17.3. The van der Waals surface area contributed by atoms with Gasteiger partial charge in [0.25, 0.3) is 5.91 Å². The zero-order valence-corrected chi connectivity index (χ0v) is 17.3. The summed E-state index contributed by atoms with van der Waals surface area (Å²) in [7, 11) is 0. The van der Waals surface area contributed by atoms with E-state index >= 15 is 0 Å². The minimum atomic E-state index is -5.05. The molecule has 176 valence electrons. The third-order valence-electron chi connectivity index (χ3n) is 6.06. The highest BCUT2D eigenvalue weighted by Crippen LogP contribution is 2.37. The van der Waals surface area contributed by atoms with E-state index in [1.165, 1.54) is 12.1 Å². The number of nitrogens with zero attached hydrogens (tertiary/aromatic N) is 1. The fraction of sp³-hybridized carbons (Fsp3) is 0.391. The minimum Gasteiger partial charge on any atom is -0.322 e. The Bertz CT molecular complexity index is 1060. The highest BCUT2D eigenvalue weighted by Gasteiger charge is 2.38. The van der Waals surface area contributed by atoms with Gasteiger partial charge in [0, 0.05) is 29.4 Å². The number of anilines is 2. The van der Waals surface area contributed by atoms with Gasteiger partial charge in [-0.05, 0) is 55.2 Å². The molecule has 1 heterocycles. The third-order valence-corrected chi connectivity index (χ3v) is 6.06. The maximum Gasteiger partial charge on any atom is 0.416 e. The summed E-state index contributed by atoms with van der Waals surface area (Å²) in [6.45, 7) is 0.491. The molecule has 4 nitrogen and oxygen atoms in total. The SMILES string of the molecule is O=C(Nc1ccc2c(c1)N(C(=O)C1CCCC1)CC2)c1cc(C(F)(F)F)cc(C(F)(F)F)c1. The quantitative estimate of drug-likeness (QED) is 0.555. The van der Waals surface area contributed by atoms with Crippen LogP contribution in [0.4, 0.5) is 37.7 Å². The second-order valence-corrected chi connectivity index (χ2v) is 8.31. The van der Waals surface area contributed by atoms with E-state index in [1.54, 1.807) is 11.0 Å². The number of carbonyl (C=O) groups is 2. The maximum atomic E-state index is 13.1. The lowest BCUT2D eigenvalue weighted by atomic mass is 10.0. The largest absolute Gasteiger partial charge is 0.416 e. The van der Waals surface area contributed by atoms with Gasteiger partial charge in [-0.2, -0.15) is 26.3 Å². The molecule has 2 amide bonds. The fourth-order valence-electron chi connectivity index (χ4n) is 4.37. The van der Waals surface area contributed by atoms with Crippen LogP contribution in [-0.4, -0.2) is 18.4 Å². The van der Waals surface area contributed by atoms with E-state index in [0.29, 0.717) is 30.8 Å². The van der Waals surface area contributed by atoms with Crippen LogP contribution >= 0.6 is 0 Å². The number of alkyl halides is 6. The van der Waals surface area contributed by atoms with Crippen LogP contribution in [0.1, 0.15) is 52.7 Å². The molecule has 1 saturated carbocycles. The van der Waals surface area contributed by atoms with Crippen LogP contribution in [0.25, 0.3) is 0 Å². The molecule has 2 aromatic carbocycles. The van der Waals surface area contributed by atoms with Gasteiger partial charge >= 0.3 is 12.4 Å². The van der Waals surface area contributed by atoms with Crippen molar-refractivity contribution in [2.24, 2.45) is 5.92 Å². The van der Waals surface area contributed by atoms with E-state index < -0.39 is 35.0 Å². The molecular formula is C23H20F6N2O2. The molecule has 0 bridgehead atoms. The molecule has 0 atom stereocenters. The van der Waals surface area contributed by atoms with E-state index in [0.717, 1.165) is 31.2 Å². The van der Waals surface area contributed by atoms with Gasteiger partial charge in [0.2, 0.25) is 5.91 Å². The molecule has 0 unspecified atom stereocenters. The lowest BCUT2D eigenvalue weighted by Crippen LogP contribution is -2.33. The fourth-order valence-corrected chi connectivity index (χ4v) is 4.37. The smallest absolute Gasteiger partial charge is 0.322 e. The monoisotopic (exact) mass is 470 g/mol. The lowest BCUT2D eigenvalue weighted by Gasteiger charge is -2.21. The predicted octanol–water partition coefficient (Wildman–Crippen LogP) is 6.06. The molecule has 1 fully saturated rings. The summed E-state index contributed by atoms with van der Waals surface area (Å²) >= 11 is 0. The first-order chi connectivity index (χ1) is 15.4. The molecule has 4 rings (SSSR count). The molecular weight excluding hydrogens is 450 g/mol. The molecule has 0 spiro atoms. The molecule has 1 N–H and O–H groups in total. The molecule has 0 aromatic heterocycles. The van der Waals surface area contributed by atoms with Gasteiger partial charge < -0.3 is 10.2 Å². The number of fused-ring (bicyclic) bond motifs is 1. The van der Waals surface area contributed by atoms with Crippen molar-refractivity contribution >= 4 is 23.2 Å². The molecule has 0 saturated heterocycles. The second kappa shape index (κ2) is 8.39. The van der Waals surface area contributed by atoms with Crippen molar-refractivity contribution in [1.29, 1.82) is 0 Å². The van der Waals surface area contributed by atoms with E-state index in [9.17, 15) is 35.9 Å². The number of halogens is 6. The number of amides is 2. The summed E-state index contributed by atoms with van der Waals surface area (Å²) in [6, 6.07) is 5.48. The van der Waals surface area contributed by atoms with Gasteiger partial charge in [-0.3, -0.25) is 9.59 Å². The molecule has 1 aliphatic heterocycles. The highest BCUT2D eigenvalue weighted by molar-refractivity contribution is 6.05. The number of rotatable bonds is 3. The van der Waals surface area contributed by atoms with Gasteiger partial charge in [0.1, 0.15) is 0 Å². The van der Waals surface area contributed by atoms with Gasteiger partial charge in [0.05, 0.1) is 11.1 Å². The molecule has 2 aromatic rings. The Labute approximate surface area is 185 Å². The van der Waals surface area contributed by atoms with Crippen molar-refractivity contribution in [1.82, 2.24) is 0 Å². The van der Waals surface area contributed by atoms with E-state index in [4.69, 9.17) is 0 Å². The standard InChI is InChI=1S/C23H20F6N2O2/c24-22(25,26)16-9-15(10-17(11-16)23(27,28)29)20(32)30-18-6-5-13-7-8-31(19(13)12-18)21(33)14-3-1-2-4-14/h5-6,9-12,14H,1-4,7-8H2,(H,30,32). The van der Waals surface area contributed by atoms with Crippen molar-refractivity contribution < 1.29 is 35.9 Å². The van der Waals surface area contributed by atoms with Crippen molar-refractivity contribution in [3.8, 4) is 0 Å². The van der Waals surface area contributed by atoms with Crippen molar-refractivity contribution in [2.45, 2.75) is 44.5 Å². The van der Waals surface area contributed by atoms with Crippen molar-refractivity contribution in [3.63, 3.8) is 0 Å². The summed E-state index contributed by atoms with van der Waals surface area (Å²) in [5.74, 6) is -1.17. The molecule has 2 aliphatic rings. The van der Waals surface area contributed by atoms with Crippen LogP contribution in [0.5, 0.6) is 0 Å². The first-order valence-electron chi connectivity index (χ1n) is 10.5. The van der Waals surface area contributed by atoms with Crippen LogP contribution in [0.3, 0.4) is 0 Å². The number of hydrogen-bond acceptors (Lipinski definition) is 2. The average molecular weight is 470 g/mol. The van der Waals surface area contributed by atoms with Gasteiger partial charge in [-0.1, -0.05) is 18.9 Å². The number of benzene rings is 2. The summed E-state index contributed by atoms with van der Waals surface area (Å²) in [4.78, 5) is 27.1. The minimum absolute atomic E-state index is 0.00224. The van der Waals surface area contributed by atoms with Gasteiger partial charge in [0.15, 0.2) is 0 Å². The summed E-state index contributed by atoms with van der Waals surface area (Å²) < 4.78 is 78.5. The first-order valence-corrected chi connectivity index (χ1v) is 10.5. The number of carbonyl (C=O) groups excluding carboxylic acids is 2. The third kappa shape index (κ3) is 4.84. The van der Waals surface area contributed by atoms with Gasteiger partial charge in [-0.25, -0.2) is 0 Å². The van der Waals surface area contributed by atoms with Crippen molar-refractivity contribution in [3.05, 3.63) is 58.7 Å². The van der Waals surface area contributed by atoms with Crippen LogP contribution in [0, 0.1) is 5.92 Å². The molecule has 1 aliphatic carbocycles. The Morgan fingerprint density at radius 2 is 1.48 bits per heavy atom. The predicted molar refractivity (Wildman–Crippen MR) is 109 cm³/mol. The van der Waals surface area contributed by atoms with E-state index in [1.807, 2.05) is 0 Å². The van der Waals surface area contributed by atoms with Crippen LogP contribution < -0.4 is 10.2 Å².